The van der Waals surface area contributed by atoms with Gasteiger partial charge in [-0.25, -0.2) is 4.79 Å². The summed E-state index contributed by atoms with van der Waals surface area (Å²) < 4.78 is 11.1. The van der Waals surface area contributed by atoms with E-state index in [0.717, 1.165) is 0 Å². The average molecular weight is 314 g/mol. The van der Waals surface area contributed by atoms with Crippen LogP contribution in [0.2, 0.25) is 0 Å². The van der Waals surface area contributed by atoms with Crippen molar-refractivity contribution in [1.29, 1.82) is 0 Å². The molecule has 0 aromatic heterocycles. The van der Waals surface area contributed by atoms with Gasteiger partial charge in [0.05, 0.1) is 11.5 Å². The maximum atomic E-state index is 12.2. The van der Waals surface area contributed by atoms with E-state index < -0.39 is 46.0 Å². The van der Waals surface area contributed by atoms with Crippen molar-refractivity contribution in [2.75, 3.05) is 6.61 Å². The molecule has 22 heavy (non-hydrogen) atoms. The molecule has 0 radical (unpaired) electrons. The van der Waals surface area contributed by atoms with Gasteiger partial charge in [0.25, 0.3) is 0 Å². The second-order valence-electron chi connectivity index (χ2n) is 7.91. The minimum atomic E-state index is -1.94. The van der Waals surface area contributed by atoms with E-state index in [9.17, 15) is 25.2 Å². The molecule has 1 saturated carbocycles. The number of esters is 1. The summed E-state index contributed by atoms with van der Waals surface area (Å²) >= 11 is 0. The zero-order valence-electron chi connectivity index (χ0n) is 12.9. The van der Waals surface area contributed by atoms with E-state index in [1.807, 2.05) is 6.92 Å². The molecule has 2 bridgehead atoms. The molecule has 3 aliphatic heterocycles. The van der Waals surface area contributed by atoms with Gasteiger partial charge in [0.1, 0.15) is 17.8 Å². The van der Waals surface area contributed by atoms with Gasteiger partial charge in [-0.15, -0.1) is 0 Å². The van der Waals surface area contributed by atoms with Crippen molar-refractivity contribution in [2.45, 2.75) is 62.8 Å². The van der Waals surface area contributed by atoms with Crippen molar-refractivity contribution >= 4 is 5.97 Å². The molecular formula is C15H22O7. The van der Waals surface area contributed by atoms with Crippen LogP contribution in [0.4, 0.5) is 0 Å². The van der Waals surface area contributed by atoms with Crippen molar-refractivity contribution in [3.05, 3.63) is 0 Å². The second kappa shape index (κ2) is 3.52. The van der Waals surface area contributed by atoms with Crippen LogP contribution >= 0.6 is 0 Å². The Kier molecular flexibility index (Phi) is 2.37. The Balaban J connectivity index is 2.08. The van der Waals surface area contributed by atoms with Crippen LogP contribution < -0.4 is 0 Å². The predicted octanol–water partition coefficient (Wildman–Crippen LogP) is -1.09. The van der Waals surface area contributed by atoms with Crippen LogP contribution in [0.15, 0.2) is 0 Å². The average Bonchev–Trinajstić information content (AvgIpc) is 2.88. The zero-order valence-corrected chi connectivity index (χ0v) is 12.9. The van der Waals surface area contributed by atoms with Crippen LogP contribution in [0.5, 0.6) is 0 Å². The zero-order chi connectivity index (χ0) is 16.3. The Labute approximate surface area is 127 Å². The molecule has 4 rings (SSSR count). The first-order chi connectivity index (χ1) is 10.0. The molecule has 0 aromatic carbocycles. The first kappa shape index (κ1) is 14.8. The molecule has 3 heterocycles. The summed E-state index contributed by atoms with van der Waals surface area (Å²) in [6.45, 7) is 4.67. The number of carbonyl (C=O) groups excluding carboxylic acids is 1. The van der Waals surface area contributed by atoms with E-state index in [0.29, 0.717) is 6.42 Å². The molecule has 8 atom stereocenters. The highest BCUT2D eigenvalue weighted by atomic mass is 16.7. The minimum Gasteiger partial charge on any atom is -0.463 e. The highest BCUT2D eigenvalue weighted by Crippen LogP contribution is 2.79. The van der Waals surface area contributed by atoms with E-state index in [4.69, 9.17) is 9.47 Å². The van der Waals surface area contributed by atoms with Gasteiger partial charge in [-0.3, -0.25) is 0 Å². The first-order valence-corrected chi connectivity index (χ1v) is 7.68. The third-order valence-corrected chi connectivity index (χ3v) is 7.35. The molecule has 3 saturated heterocycles. The molecule has 7 heteroatoms. The predicted molar refractivity (Wildman–Crippen MR) is 71.3 cm³/mol. The summed E-state index contributed by atoms with van der Waals surface area (Å²) in [5, 5.41) is 43.3. The highest BCUT2D eigenvalue weighted by molar-refractivity contribution is 5.77. The third-order valence-electron chi connectivity index (χ3n) is 7.35. The van der Waals surface area contributed by atoms with E-state index >= 15 is 0 Å². The lowest BCUT2D eigenvalue weighted by Gasteiger charge is -2.56. The lowest BCUT2D eigenvalue weighted by Crippen LogP contribution is -2.72. The first-order valence-electron chi connectivity index (χ1n) is 7.68. The third kappa shape index (κ3) is 1.02. The highest BCUT2D eigenvalue weighted by Gasteiger charge is 2.93. The van der Waals surface area contributed by atoms with Crippen LogP contribution in [0.25, 0.3) is 0 Å². The van der Waals surface area contributed by atoms with Gasteiger partial charge in [-0.2, -0.15) is 0 Å². The Bertz CT molecular complexity index is 576. The smallest absolute Gasteiger partial charge is 0.335 e. The Morgan fingerprint density at radius 2 is 1.86 bits per heavy atom. The second-order valence-corrected chi connectivity index (χ2v) is 7.91. The minimum absolute atomic E-state index is 0.114. The van der Waals surface area contributed by atoms with Crippen LogP contribution in [-0.2, 0) is 14.3 Å². The summed E-state index contributed by atoms with van der Waals surface area (Å²) in [4.78, 5) is 12.2. The lowest BCUT2D eigenvalue weighted by atomic mass is 9.47. The molecule has 0 unspecified atom stereocenters. The quantitative estimate of drug-likeness (QED) is 0.420. The fourth-order valence-electron chi connectivity index (χ4n) is 5.93. The lowest BCUT2D eigenvalue weighted by molar-refractivity contribution is -0.258. The molecule has 0 aromatic rings. The molecule has 124 valence electrons. The van der Waals surface area contributed by atoms with Gasteiger partial charge in [0.15, 0.2) is 11.9 Å². The number of aliphatic hydroxyl groups is 4. The number of aliphatic hydroxyl groups excluding tert-OH is 2. The monoisotopic (exact) mass is 314 g/mol. The maximum Gasteiger partial charge on any atom is 0.335 e. The number of carbonyl (C=O) groups is 1. The molecular weight excluding hydrogens is 292 g/mol. The number of ether oxygens (including phenoxy) is 2. The number of hydrogen-bond donors (Lipinski definition) is 4. The van der Waals surface area contributed by atoms with Crippen molar-refractivity contribution in [3.8, 4) is 0 Å². The summed E-state index contributed by atoms with van der Waals surface area (Å²) in [6.07, 6.45) is -2.31. The number of cyclic esters (lactones) is 1. The molecule has 1 spiro atoms. The molecule has 4 aliphatic rings. The fraction of sp³-hybridized carbons (Fsp3) is 0.933. The van der Waals surface area contributed by atoms with Crippen LogP contribution in [0.1, 0.15) is 33.6 Å². The van der Waals surface area contributed by atoms with Gasteiger partial charge in [0.2, 0.25) is 0 Å². The Morgan fingerprint density at radius 3 is 2.50 bits per heavy atom. The van der Waals surface area contributed by atoms with Gasteiger partial charge in [-0.05, 0) is 19.3 Å². The van der Waals surface area contributed by atoms with Crippen molar-refractivity contribution in [2.24, 2.45) is 16.7 Å². The molecule has 4 N–H and O–H groups in total. The van der Waals surface area contributed by atoms with Crippen LogP contribution in [0.3, 0.4) is 0 Å². The summed E-state index contributed by atoms with van der Waals surface area (Å²) in [5.74, 6) is -3.00. The molecule has 7 nitrogen and oxygen atoms in total. The van der Waals surface area contributed by atoms with Crippen LogP contribution in [0, 0.1) is 16.7 Å². The largest absolute Gasteiger partial charge is 0.463 e. The molecule has 0 amide bonds. The van der Waals surface area contributed by atoms with Gasteiger partial charge >= 0.3 is 5.97 Å². The number of rotatable bonds is 0. The van der Waals surface area contributed by atoms with Crippen molar-refractivity contribution in [1.82, 2.24) is 0 Å². The van der Waals surface area contributed by atoms with Gasteiger partial charge in [-0.1, -0.05) is 13.8 Å². The normalized spacial score (nSPS) is 66.1. The summed E-state index contributed by atoms with van der Waals surface area (Å²) in [7, 11) is 0. The van der Waals surface area contributed by atoms with Gasteiger partial charge < -0.3 is 29.9 Å². The molecule has 4 fully saturated rings. The molecule has 1 aliphatic carbocycles. The summed E-state index contributed by atoms with van der Waals surface area (Å²) in [5.41, 5.74) is -5.56. The van der Waals surface area contributed by atoms with Gasteiger partial charge in [0, 0.05) is 11.8 Å². The topological polar surface area (TPSA) is 116 Å². The Hall–Kier alpha value is -0.730. The van der Waals surface area contributed by atoms with E-state index in [1.165, 1.54) is 6.92 Å². The van der Waals surface area contributed by atoms with Crippen LogP contribution in [-0.4, -0.2) is 62.2 Å². The van der Waals surface area contributed by atoms with E-state index in [1.54, 1.807) is 6.92 Å². The maximum absolute atomic E-state index is 12.2. The number of fused-ring (bicyclic) bond motifs is 1. The number of hydrogen-bond acceptors (Lipinski definition) is 7. The fourth-order valence-corrected chi connectivity index (χ4v) is 5.93. The Morgan fingerprint density at radius 1 is 1.23 bits per heavy atom. The van der Waals surface area contributed by atoms with E-state index in [-0.39, 0.29) is 18.9 Å². The standard InChI is InChI=1S/C15H22O7/c1-7-4-8(16)15-11(2)6-21-10(18)9(17)13(7,15)5-14(20,22-15)12(11,3)19/h7-9,16-17,19-20H,4-6H2,1-3H3/t7-,8-,9+,11+,12-,13+,14+,15+/m1/s1. The van der Waals surface area contributed by atoms with Crippen molar-refractivity contribution in [3.63, 3.8) is 0 Å². The SMILES string of the molecule is C[C@@H]1C[C@@H](O)[C@@]23O[C@@]4(O)C[C@@]12[C@@H](O)C(=O)OC[C@@]3(C)[C@@]4(C)O. The summed E-state index contributed by atoms with van der Waals surface area (Å²) in [6, 6.07) is 0. The van der Waals surface area contributed by atoms with Crippen molar-refractivity contribution < 1.29 is 34.7 Å². The van der Waals surface area contributed by atoms with E-state index in [2.05, 4.69) is 0 Å².